The number of aliphatic carboxylic acids is 1. The maximum Gasteiger partial charge on any atom is 0.308 e. The van der Waals surface area contributed by atoms with Gasteiger partial charge in [0.15, 0.2) is 0 Å². The van der Waals surface area contributed by atoms with Gasteiger partial charge in [-0.15, -0.1) is 0 Å². The molecule has 4 atom stereocenters. The smallest absolute Gasteiger partial charge is 0.308 e. The van der Waals surface area contributed by atoms with E-state index in [1.807, 2.05) is 13.8 Å². The Kier molecular flexibility index (Phi) is 3.38. The minimum absolute atomic E-state index is 0.0214. The van der Waals surface area contributed by atoms with Crippen LogP contribution in [0.5, 0.6) is 0 Å². The van der Waals surface area contributed by atoms with Gasteiger partial charge in [-0.1, -0.05) is 13.8 Å². The average molecular weight is 241 g/mol. The number of carbonyl (C=O) groups is 2. The molecule has 2 fully saturated rings. The molecule has 96 valence electrons. The van der Waals surface area contributed by atoms with Crippen molar-refractivity contribution < 1.29 is 19.4 Å². The van der Waals surface area contributed by atoms with Gasteiger partial charge in [0.2, 0.25) is 0 Å². The lowest BCUT2D eigenvalue weighted by Gasteiger charge is -2.22. The first-order chi connectivity index (χ1) is 8.00. The quantitative estimate of drug-likeness (QED) is 0.768. The summed E-state index contributed by atoms with van der Waals surface area (Å²) in [5, 5.41) is 9.03. The molecule has 1 N–H and O–H groups in total. The van der Waals surface area contributed by atoms with E-state index in [4.69, 9.17) is 9.84 Å². The normalized spacial score (nSPS) is 37.4. The molecule has 0 bridgehead atoms. The summed E-state index contributed by atoms with van der Waals surface area (Å²) in [4.78, 5) is 24.8. The highest BCUT2D eigenvalue weighted by molar-refractivity contribution is 5.83. The van der Waals surface area contributed by atoms with Gasteiger partial charge >= 0.3 is 5.97 Å². The van der Waals surface area contributed by atoms with Crippen molar-refractivity contribution in [1.29, 1.82) is 0 Å². The third-order valence-electron chi connectivity index (χ3n) is 3.87. The van der Waals surface area contributed by atoms with Crippen LogP contribution in [0.3, 0.4) is 0 Å². The fourth-order valence-corrected chi connectivity index (χ4v) is 2.66. The Labute approximate surface area is 101 Å². The molecule has 0 aromatic rings. The predicted octanol–water partition coefficient (Wildman–Crippen LogP) is 0.591. The average Bonchev–Trinajstić information content (AvgIpc) is 2.83. The number of amides is 1. The predicted molar refractivity (Wildman–Crippen MR) is 60.4 cm³/mol. The zero-order chi connectivity index (χ0) is 12.6. The molecule has 0 unspecified atom stereocenters. The lowest BCUT2D eigenvalue weighted by Crippen LogP contribution is -2.40. The van der Waals surface area contributed by atoms with Crippen LogP contribution in [0.25, 0.3) is 0 Å². The molecule has 2 rings (SSSR count). The van der Waals surface area contributed by atoms with Crippen LogP contribution in [-0.4, -0.2) is 47.7 Å². The Hall–Kier alpha value is -1.10. The van der Waals surface area contributed by atoms with Gasteiger partial charge < -0.3 is 14.7 Å². The standard InChI is InChI=1S/C12H19NO4/c1-7-3-4-17-10(7)11(14)13-5-8(2)9(6-13)12(15)16/h7-10H,3-6H2,1-2H3,(H,15,16)/t7-,8-,9-,10+/m1/s1. The Bertz CT molecular complexity index is 330. The van der Waals surface area contributed by atoms with Crippen LogP contribution in [-0.2, 0) is 14.3 Å². The van der Waals surface area contributed by atoms with Gasteiger partial charge in [-0.3, -0.25) is 9.59 Å². The zero-order valence-electron chi connectivity index (χ0n) is 10.3. The van der Waals surface area contributed by atoms with E-state index in [-0.39, 0.29) is 23.8 Å². The van der Waals surface area contributed by atoms with E-state index in [2.05, 4.69) is 0 Å². The van der Waals surface area contributed by atoms with Crippen molar-refractivity contribution in [2.24, 2.45) is 17.8 Å². The minimum Gasteiger partial charge on any atom is -0.481 e. The molecule has 17 heavy (non-hydrogen) atoms. The van der Waals surface area contributed by atoms with Crippen molar-refractivity contribution in [2.45, 2.75) is 26.4 Å². The van der Waals surface area contributed by atoms with Crippen LogP contribution >= 0.6 is 0 Å². The topological polar surface area (TPSA) is 66.8 Å². The third kappa shape index (κ3) is 2.29. The molecule has 0 aromatic heterocycles. The van der Waals surface area contributed by atoms with E-state index >= 15 is 0 Å². The summed E-state index contributed by atoms with van der Waals surface area (Å²) in [5.41, 5.74) is 0. The van der Waals surface area contributed by atoms with E-state index in [1.54, 1.807) is 4.90 Å². The first-order valence-corrected chi connectivity index (χ1v) is 6.14. The Balaban J connectivity index is 2.00. The van der Waals surface area contributed by atoms with Crippen LogP contribution in [0, 0.1) is 17.8 Å². The number of hydrogen-bond acceptors (Lipinski definition) is 3. The molecule has 2 aliphatic rings. The molecule has 0 spiro atoms. The van der Waals surface area contributed by atoms with Gasteiger partial charge in [-0.05, 0) is 18.3 Å². The molecule has 0 saturated carbocycles. The van der Waals surface area contributed by atoms with Crippen LogP contribution in [0.15, 0.2) is 0 Å². The highest BCUT2D eigenvalue weighted by Crippen LogP contribution is 2.27. The number of likely N-dealkylation sites (tertiary alicyclic amines) is 1. The molecule has 2 saturated heterocycles. The van der Waals surface area contributed by atoms with E-state index < -0.39 is 11.9 Å². The highest BCUT2D eigenvalue weighted by atomic mass is 16.5. The van der Waals surface area contributed by atoms with Gasteiger partial charge in [-0.25, -0.2) is 0 Å². The molecule has 5 nitrogen and oxygen atoms in total. The molecule has 1 amide bonds. The van der Waals surface area contributed by atoms with Gasteiger partial charge in [0.05, 0.1) is 5.92 Å². The summed E-state index contributed by atoms with van der Waals surface area (Å²) in [6.45, 7) is 5.36. The van der Waals surface area contributed by atoms with E-state index in [9.17, 15) is 9.59 Å². The molecule has 0 radical (unpaired) electrons. The van der Waals surface area contributed by atoms with Gasteiger partial charge in [-0.2, -0.15) is 0 Å². The third-order valence-corrected chi connectivity index (χ3v) is 3.87. The largest absolute Gasteiger partial charge is 0.481 e. The summed E-state index contributed by atoms with van der Waals surface area (Å²) in [7, 11) is 0. The molecular weight excluding hydrogens is 222 g/mol. The van der Waals surface area contributed by atoms with Crippen LogP contribution < -0.4 is 0 Å². The van der Waals surface area contributed by atoms with Crippen molar-refractivity contribution in [3.63, 3.8) is 0 Å². The first kappa shape index (κ1) is 12.4. The van der Waals surface area contributed by atoms with Crippen LogP contribution in [0.4, 0.5) is 0 Å². The number of carboxylic acids is 1. The van der Waals surface area contributed by atoms with Crippen LogP contribution in [0.1, 0.15) is 20.3 Å². The summed E-state index contributed by atoms with van der Waals surface area (Å²) >= 11 is 0. The number of nitrogens with zero attached hydrogens (tertiary/aromatic N) is 1. The second-order valence-corrected chi connectivity index (χ2v) is 5.22. The maximum absolute atomic E-state index is 12.2. The molecular formula is C12H19NO4. The first-order valence-electron chi connectivity index (χ1n) is 6.14. The van der Waals surface area contributed by atoms with Crippen LogP contribution in [0.2, 0.25) is 0 Å². The monoisotopic (exact) mass is 241 g/mol. The Morgan fingerprint density at radius 1 is 1.24 bits per heavy atom. The Morgan fingerprint density at radius 2 is 1.94 bits per heavy atom. The minimum atomic E-state index is -0.812. The van der Waals surface area contributed by atoms with Gasteiger partial charge in [0.1, 0.15) is 6.10 Å². The summed E-state index contributed by atoms with van der Waals surface area (Å²) in [6.07, 6.45) is 0.539. The van der Waals surface area contributed by atoms with Crippen molar-refractivity contribution in [1.82, 2.24) is 4.90 Å². The van der Waals surface area contributed by atoms with Crippen molar-refractivity contribution in [3.05, 3.63) is 0 Å². The maximum atomic E-state index is 12.2. The highest BCUT2D eigenvalue weighted by Gasteiger charge is 2.41. The summed E-state index contributed by atoms with van der Waals surface area (Å²) in [5.74, 6) is -1.02. The lowest BCUT2D eigenvalue weighted by molar-refractivity contribution is -0.143. The molecule has 2 heterocycles. The van der Waals surface area contributed by atoms with E-state index in [0.29, 0.717) is 19.7 Å². The number of hydrogen-bond donors (Lipinski definition) is 1. The molecule has 0 aliphatic carbocycles. The number of carboxylic acid groups (broad SMARTS) is 1. The van der Waals surface area contributed by atoms with Gasteiger partial charge in [0.25, 0.3) is 5.91 Å². The van der Waals surface area contributed by atoms with E-state index in [0.717, 1.165) is 6.42 Å². The van der Waals surface area contributed by atoms with E-state index in [1.165, 1.54) is 0 Å². The van der Waals surface area contributed by atoms with Crippen molar-refractivity contribution in [3.8, 4) is 0 Å². The van der Waals surface area contributed by atoms with Crippen molar-refractivity contribution >= 4 is 11.9 Å². The SMILES string of the molecule is C[C@@H]1CCO[C@@H]1C(=O)N1C[C@@H](C)[C@H](C(=O)O)C1. The number of carbonyl (C=O) groups excluding carboxylic acids is 1. The Morgan fingerprint density at radius 3 is 2.41 bits per heavy atom. The number of ether oxygens (including phenoxy) is 1. The lowest BCUT2D eigenvalue weighted by atomic mass is 9.99. The fourth-order valence-electron chi connectivity index (χ4n) is 2.66. The number of rotatable bonds is 2. The van der Waals surface area contributed by atoms with Crippen molar-refractivity contribution in [2.75, 3.05) is 19.7 Å². The molecule has 0 aromatic carbocycles. The second kappa shape index (κ2) is 4.64. The molecule has 2 aliphatic heterocycles. The fraction of sp³-hybridized carbons (Fsp3) is 0.833. The second-order valence-electron chi connectivity index (χ2n) is 5.22. The summed E-state index contributed by atoms with van der Waals surface area (Å²) in [6, 6.07) is 0. The summed E-state index contributed by atoms with van der Waals surface area (Å²) < 4.78 is 5.43. The zero-order valence-corrected chi connectivity index (χ0v) is 10.3. The van der Waals surface area contributed by atoms with Gasteiger partial charge in [0, 0.05) is 19.7 Å². The molecule has 5 heteroatoms.